The SMILES string of the molecule is C[C@H](NC(=O)CNC(=O)c1cccc2ncccc12)C(=O)NCC(=O)C(=O)NCc1ccccc1. The summed E-state index contributed by atoms with van der Waals surface area (Å²) >= 11 is 0. The first-order valence-corrected chi connectivity index (χ1v) is 10.9. The molecule has 0 saturated carbocycles. The fourth-order valence-electron chi connectivity index (χ4n) is 3.19. The molecule has 1 atom stereocenters. The molecule has 0 bridgehead atoms. The zero-order valence-corrected chi connectivity index (χ0v) is 19.0. The van der Waals surface area contributed by atoms with Crippen molar-refractivity contribution in [3.05, 3.63) is 78.0 Å². The fraction of sp³-hybridized carbons (Fsp3) is 0.200. The Morgan fingerprint density at radius 2 is 1.60 bits per heavy atom. The van der Waals surface area contributed by atoms with Gasteiger partial charge < -0.3 is 21.3 Å². The highest BCUT2D eigenvalue weighted by Gasteiger charge is 2.19. The monoisotopic (exact) mass is 475 g/mol. The number of hydrogen-bond acceptors (Lipinski definition) is 6. The molecule has 0 aliphatic carbocycles. The summed E-state index contributed by atoms with van der Waals surface area (Å²) < 4.78 is 0. The standard InChI is InChI=1S/C25H25N5O5/c1-16(23(33)28-14-21(31)25(35)27-13-17-7-3-2-4-8-17)30-22(32)15-29-24(34)19-9-5-11-20-18(19)10-6-12-26-20/h2-12,16H,13-15H2,1H3,(H,27,35)(H,28,33)(H,29,34)(H,30,32)/t16-/m0/s1. The number of nitrogens with one attached hydrogen (secondary N) is 4. The van der Waals surface area contributed by atoms with Gasteiger partial charge in [0.2, 0.25) is 17.6 Å². The Labute approximate surface area is 201 Å². The van der Waals surface area contributed by atoms with E-state index >= 15 is 0 Å². The summed E-state index contributed by atoms with van der Waals surface area (Å²) in [5, 5.41) is 10.4. The fourth-order valence-corrected chi connectivity index (χ4v) is 3.19. The molecule has 35 heavy (non-hydrogen) atoms. The number of Topliss-reactive ketones (excluding diaryl/α,β-unsaturated/α-hetero) is 1. The molecule has 0 spiro atoms. The lowest BCUT2D eigenvalue weighted by Gasteiger charge is -2.14. The third-order valence-corrected chi connectivity index (χ3v) is 5.04. The zero-order valence-electron chi connectivity index (χ0n) is 19.0. The van der Waals surface area contributed by atoms with Crippen molar-refractivity contribution in [3.8, 4) is 0 Å². The molecule has 0 unspecified atom stereocenters. The van der Waals surface area contributed by atoms with Crippen molar-refractivity contribution in [3.63, 3.8) is 0 Å². The van der Waals surface area contributed by atoms with E-state index in [0.717, 1.165) is 5.56 Å². The van der Waals surface area contributed by atoms with Gasteiger partial charge in [0, 0.05) is 23.7 Å². The van der Waals surface area contributed by atoms with Crippen LogP contribution in [0, 0.1) is 0 Å². The topological polar surface area (TPSA) is 146 Å². The molecular formula is C25H25N5O5. The van der Waals surface area contributed by atoms with Gasteiger partial charge in [-0.2, -0.15) is 0 Å². The van der Waals surface area contributed by atoms with Crippen molar-refractivity contribution in [2.24, 2.45) is 0 Å². The maximum Gasteiger partial charge on any atom is 0.289 e. The second-order valence-corrected chi connectivity index (χ2v) is 7.66. The first kappa shape index (κ1) is 25.0. The van der Waals surface area contributed by atoms with Crippen molar-refractivity contribution < 1.29 is 24.0 Å². The molecule has 2 aromatic carbocycles. The number of pyridine rings is 1. The summed E-state index contributed by atoms with van der Waals surface area (Å²) in [5.41, 5.74) is 1.86. The molecule has 3 aromatic rings. The molecular weight excluding hydrogens is 450 g/mol. The molecule has 3 rings (SSSR count). The van der Waals surface area contributed by atoms with E-state index in [1.54, 1.807) is 48.7 Å². The molecule has 10 nitrogen and oxygen atoms in total. The van der Waals surface area contributed by atoms with Crippen LogP contribution in [0.5, 0.6) is 0 Å². The minimum atomic E-state index is -0.985. The van der Waals surface area contributed by atoms with Gasteiger partial charge in [-0.15, -0.1) is 0 Å². The molecule has 0 aliphatic rings. The van der Waals surface area contributed by atoms with Crippen LogP contribution >= 0.6 is 0 Å². The number of carbonyl (C=O) groups excluding carboxylic acids is 5. The Hall–Kier alpha value is -4.60. The average molecular weight is 476 g/mol. The quantitative estimate of drug-likeness (QED) is 0.314. The predicted octanol–water partition coefficient (Wildman–Crippen LogP) is 0.471. The van der Waals surface area contributed by atoms with Crippen molar-refractivity contribution in [1.29, 1.82) is 0 Å². The lowest BCUT2D eigenvalue weighted by atomic mass is 10.1. The molecule has 10 heteroatoms. The number of hydrogen-bond donors (Lipinski definition) is 4. The number of benzene rings is 2. The number of amides is 4. The number of carbonyl (C=O) groups is 5. The van der Waals surface area contributed by atoms with Crippen molar-refractivity contribution >= 4 is 40.3 Å². The predicted molar refractivity (Wildman–Crippen MR) is 128 cm³/mol. The molecule has 0 fully saturated rings. The maximum atomic E-state index is 12.5. The molecule has 0 saturated heterocycles. The van der Waals surface area contributed by atoms with Crippen LogP contribution in [-0.4, -0.2) is 53.5 Å². The summed E-state index contributed by atoms with van der Waals surface area (Å²) in [7, 11) is 0. The van der Waals surface area contributed by atoms with Gasteiger partial charge in [0.25, 0.3) is 11.8 Å². The van der Waals surface area contributed by atoms with Crippen LogP contribution in [0.25, 0.3) is 10.9 Å². The molecule has 4 N–H and O–H groups in total. The number of fused-ring (bicyclic) bond motifs is 1. The number of aromatic nitrogens is 1. The van der Waals surface area contributed by atoms with Gasteiger partial charge in [0.15, 0.2) is 0 Å². The Morgan fingerprint density at radius 1 is 0.829 bits per heavy atom. The largest absolute Gasteiger partial charge is 0.347 e. The molecule has 180 valence electrons. The van der Waals surface area contributed by atoms with Crippen LogP contribution in [0.1, 0.15) is 22.8 Å². The molecule has 4 amide bonds. The van der Waals surface area contributed by atoms with Gasteiger partial charge in [-0.1, -0.05) is 42.5 Å². The number of ketones is 1. The third kappa shape index (κ3) is 7.19. The van der Waals surface area contributed by atoms with Gasteiger partial charge >= 0.3 is 0 Å². The van der Waals surface area contributed by atoms with E-state index in [9.17, 15) is 24.0 Å². The van der Waals surface area contributed by atoms with Gasteiger partial charge in [0.1, 0.15) is 6.04 Å². The summed E-state index contributed by atoms with van der Waals surface area (Å²) in [6.07, 6.45) is 1.62. The normalized spacial score (nSPS) is 11.2. The van der Waals surface area contributed by atoms with Gasteiger partial charge in [-0.3, -0.25) is 29.0 Å². The molecule has 0 radical (unpaired) electrons. The van der Waals surface area contributed by atoms with E-state index in [2.05, 4.69) is 26.3 Å². The summed E-state index contributed by atoms with van der Waals surface area (Å²) in [6, 6.07) is 16.6. The van der Waals surface area contributed by atoms with Crippen LogP contribution in [0.2, 0.25) is 0 Å². The maximum absolute atomic E-state index is 12.5. The third-order valence-electron chi connectivity index (χ3n) is 5.04. The lowest BCUT2D eigenvalue weighted by Crippen LogP contribution is -2.49. The minimum Gasteiger partial charge on any atom is -0.347 e. The van der Waals surface area contributed by atoms with Gasteiger partial charge in [-0.05, 0) is 30.7 Å². The van der Waals surface area contributed by atoms with Crippen molar-refractivity contribution in [2.75, 3.05) is 13.1 Å². The number of nitrogens with zero attached hydrogens (tertiary/aromatic N) is 1. The molecule has 0 aliphatic heterocycles. The highest BCUT2D eigenvalue weighted by atomic mass is 16.2. The van der Waals surface area contributed by atoms with E-state index in [4.69, 9.17) is 0 Å². The summed E-state index contributed by atoms with van der Waals surface area (Å²) in [5.74, 6) is -3.33. The van der Waals surface area contributed by atoms with Crippen LogP contribution in [0.3, 0.4) is 0 Å². The Morgan fingerprint density at radius 3 is 2.37 bits per heavy atom. The Bertz CT molecular complexity index is 1240. The van der Waals surface area contributed by atoms with Crippen molar-refractivity contribution in [1.82, 2.24) is 26.3 Å². The van der Waals surface area contributed by atoms with Crippen molar-refractivity contribution in [2.45, 2.75) is 19.5 Å². The minimum absolute atomic E-state index is 0.187. The summed E-state index contributed by atoms with van der Waals surface area (Å²) in [4.78, 5) is 64.9. The van der Waals surface area contributed by atoms with E-state index < -0.39 is 42.0 Å². The van der Waals surface area contributed by atoms with Gasteiger partial charge in [-0.25, -0.2) is 0 Å². The van der Waals surface area contributed by atoms with E-state index in [0.29, 0.717) is 16.5 Å². The highest BCUT2D eigenvalue weighted by molar-refractivity contribution is 6.37. The van der Waals surface area contributed by atoms with E-state index in [-0.39, 0.29) is 13.1 Å². The Balaban J connectivity index is 1.40. The Kier molecular flexibility index (Phi) is 8.60. The first-order chi connectivity index (χ1) is 16.8. The lowest BCUT2D eigenvalue weighted by molar-refractivity contribution is -0.138. The van der Waals surface area contributed by atoms with E-state index in [1.807, 2.05) is 18.2 Å². The number of rotatable bonds is 10. The second-order valence-electron chi connectivity index (χ2n) is 7.66. The highest BCUT2D eigenvalue weighted by Crippen LogP contribution is 2.16. The second kappa shape index (κ2) is 12.0. The van der Waals surface area contributed by atoms with Crippen LogP contribution in [0.15, 0.2) is 66.9 Å². The smallest absolute Gasteiger partial charge is 0.289 e. The van der Waals surface area contributed by atoms with Gasteiger partial charge in [0.05, 0.1) is 18.6 Å². The molecule has 1 aromatic heterocycles. The summed E-state index contributed by atoms with van der Waals surface area (Å²) in [6.45, 7) is 0.748. The van der Waals surface area contributed by atoms with Crippen LogP contribution < -0.4 is 21.3 Å². The van der Waals surface area contributed by atoms with Crippen LogP contribution in [0.4, 0.5) is 0 Å². The first-order valence-electron chi connectivity index (χ1n) is 10.9. The van der Waals surface area contributed by atoms with Crippen LogP contribution in [-0.2, 0) is 25.7 Å². The average Bonchev–Trinajstić information content (AvgIpc) is 2.88. The zero-order chi connectivity index (χ0) is 25.2. The van der Waals surface area contributed by atoms with E-state index in [1.165, 1.54) is 6.92 Å². The molecule has 1 heterocycles.